The minimum atomic E-state index is -0.722. The SMILES string of the molecule is CC(C)CC(=O)C[C@@H]1CCCC[C@@H]1F. The van der Waals surface area contributed by atoms with Crippen LogP contribution in [0, 0.1) is 11.8 Å². The average Bonchev–Trinajstić information content (AvgIpc) is 2.07. The molecule has 1 nitrogen and oxygen atoms in total. The third-order valence-corrected chi connectivity index (χ3v) is 2.94. The molecule has 2 atom stereocenters. The topological polar surface area (TPSA) is 17.1 Å². The summed E-state index contributed by atoms with van der Waals surface area (Å²) in [7, 11) is 0. The minimum absolute atomic E-state index is 0.0231. The van der Waals surface area contributed by atoms with E-state index in [1.807, 2.05) is 13.8 Å². The van der Waals surface area contributed by atoms with Crippen molar-refractivity contribution in [3.63, 3.8) is 0 Å². The van der Waals surface area contributed by atoms with Gasteiger partial charge < -0.3 is 0 Å². The number of halogens is 1. The Morgan fingerprint density at radius 3 is 2.57 bits per heavy atom. The van der Waals surface area contributed by atoms with Crippen LogP contribution in [0.15, 0.2) is 0 Å². The molecule has 14 heavy (non-hydrogen) atoms. The fourth-order valence-corrected chi connectivity index (χ4v) is 2.22. The predicted octanol–water partition coefficient (Wildman–Crippen LogP) is 3.52. The summed E-state index contributed by atoms with van der Waals surface area (Å²) in [5.74, 6) is 0.675. The van der Waals surface area contributed by atoms with Gasteiger partial charge in [-0.3, -0.25) is 4.79 Å². The van der Waals surface area contributed by atoms with Gasteiger partial charge in [-0.05, 0) is 24.7 Å². The molecule has 0 heterocycles. The number of rotatable bonds is 4. The molecule has 0 spiro atoms. The Balaban J connectivity index is 2.31. The first-order chi connectivity index (χ1) is 6.59. The van der Waals surface area contributed by atoms with Crippen molar-refractivity contribution >= 4 is 5.78 Å². The van der Waals surface area contributed by atoms with Crippen LogP contribution in [0.2, 0.25) is 0 Å². The zero-order valence-electron chi connectivity index (χ0n) is 9.26. The molecule has 0 aromatic heterocycles. The Labute approximate surface area is 86.1 Å². The Bertz CT molecular complexity index is 189. The lowest BCUT2D eigenvalue weighted by atomic mass is 9.83. The number of ketones is 1. The van der Waals surface area contributed by atoms with Gasteiger partial charge in [-0.25, -0.2) is 4.39 Å². The van der Waals surface area contributed by atoms with E-state index in [1.54, 1.807) is 0 Å². The van der Waals surface area contributed by atoms with Crippen LogP contribution in [0.4, 0.5) is 4.39 Å². The molecule has 0 amide bonds. The number of carbonyl (C=O) groups is 1. The van der Waals surface area contributed by atoms with Crippen molar-refractivity contribution in [2.24, 2.45) is 11.8 Å². The van der Waals surface area contributed by atoms with Gasteiger partial charge in [-0.1, -0.05) is 26.7 Å². The molecule has 1 aliphatic carbocycles. The van der Waals surface area contributed by atoms with Crippen molar-refractivity contribution in [2.75, 3.05) is 0 Å². The zero-order chi connectivity index (χ0) is 10.6. The molecule has 0 radical (unpaired) electrons. The molecular formula is C12H21FO. The van der Waals surface area contributed by atoms with Crippen molar-refractivity contribution in [1.29, 1.82) is 0 Å². The van der Waals surface area contributed by atoms with E-state index in [-0.39, 0.29) is 11.7 Å². The Hall–Kier alpha value is -0.400. The van der Waals surface area contributed by atoms with E-state index in [9.17, 15) is 9.18 Å². The highest BCUT2D eigenvalue weighted by atomic mass is 19.1. The second-order valence-corrected chi connectivity index (χ2v) is 4.90. The fourth-order valence-electron chi connectivity index (χ4n) is 2.22. The second kappa shape index (κ2) is 5.47. The van der Waals surface area contributed by atoms with Gasteiger partial charge in [0.1, 0.15) is 12.0 Å². The highest BCUT2D eigenvalue weighted by Gasteiger charge is 2.26. The molecule has 1 aliphatic rings. The van der Waals surface area contributed by atoms with Gasteiger partial charge in [0.25, 0.3) is 0 Å². The summed E-state index contributed by atoms with van der Waals surface area (Å²) in [6.45, 7) is 4.07. The van der Waals surface area contributed by atoms with E-state index in [4.69, 9.17) is 0 Å². The van der Waals surface area contributed by atoms with Gasteiger partial charge in [0.2, 0.25) is 0 Å². The molecule has 1 fully saturated rings. The van der Waals surface area contributed by atoms with Crippen LogP contribution >= 0.6 is 0 Å². The lowest BCUT2D eigenvalue weighted by molar-refractivity contribution is -0.121. The van der Waals surface area contributed by atoms with Gasteiger partial charge >= 0.3 is 0 Å². The Kier molecular flexibility index (Phi) is 4.56. The van der Waals surface area contributed by atoms with E-state index in [2.05, 4.69) is 0 Å². The number of hydrogen-bond acceptors (Lipinski definition) is 1. The molecule has 0 saturated heterocycles. The molecule has 0 aromatic carbocycles. The normalized spacial score (nSPS) is 28.0. The van der Waals surface area contributed by atoms with Crippen LogP contribution in [0.1, 0.15) is 52.4 Å². The largest absolute Gasteiger partial charge is 0.300 e. The summed E-state index contributed by atoms with van der Waals surface area (Å²) in [5, 5.41) is 0. The van der Waals surface area contributed by atoms with E-state index in [0.717, 1.165) is 19.3 Å². The van der Waals surface area contributed by atoms with Crippen LogP contribution < -0.4 is 0 Å². The zero-order valence-corrected chi connectivity index (χ0v) is 9.26. The molecule has 1 saturated carbocycles. The second-order valence-electron chi connectivity index (χ2n) is 4.90. The summed E-state index contributed by atoms with van der Waals surface area (Å²) in [4.78, 5) is 11.5. The first-order valence-electron chi connectivity index (χ1n) is 5.75. The molecule has 1 rings (SSSR count). The molecule has 0 N–H and O–H groups in total. The standard InChI is InChI=1S/C12H21FO/c1-9(2)7-11(14)8-10-5-3-4-6-12(10)13/h9-10,12H,3-8H2,1-2H3/t10-,12-/m0/s1. The molecular weight excluding hydrogens is 179 g/mol. The maximum Gasteiger partial charge on any atom is 0.133 e. The smallest absolute Gasteiger partial charge is 0.133 e. The highest BCUT2D eigenvalue weighted by molar-refractivity contribution is 5.78. The summed E-state index contributed by atoms with van der Waals surface area (Å²) < 4.78 is 13.4. The van der Waals surface area contributed by atoms with Crippen molar-refractivity contribution < 1.29 is 9.18 Å². The summed E-state index contributed by atoms with van der Waals surface area (Å²) >= 11 is 0. The van der Waals surface area contributed by atoms with Crippen molar-refractivity contribution in [1.82, 2.24) is 0 Å². The number of alkyl halides is 1. The van der Waals surface area contributed by atoms with Gasteiger partial charge in [0, 0.05) is 12.8 Å². The van der Waals surface area contributed by atoms with Crippen LogP contribution in [0.25, 0.3) is 0 Å². The van der Waals surface area contributed by atoms with Gasteiger partial charge in [-0.2, -0.15) is 0 Å². The van der Waals surface area contributed by atoms with Crippen LogP contribution in [0.3, 0.4) is 0 Å². The lowest BCUT2D eigenvalue weighted by Gasteiger charge is -2.25. The number of hydrogen-bond donors (Lipinski definition) is 0. The van der Waals surface area contributed by atoms with E-state index in [0.29, 0.717) is 25.2 Å². The molecule has 82 valence electrons. The average molecular weight is 200 g/mol. The fraction of sp³-hybridized carbons (Fsp3) is 0.917. The van der Waals surface area contributed by atoms with Crippen LogP contribution in [0.5, 0.6) is 0 Å². The van der Waals surface area contributed by atoms with Gasteiger partial charge in [0.05, 0.1) is 0 Å². The summed E-state index contributed by atoms with van der Waals surface area (Å²) in [5.41, 5.74) is 0. The van der Waals surface area contributed by atoms with Crippen LogP contribution in [-0.2, 0) is 4.79 Å². The summed E-state index contributed by atoms with van der Waals surface area (Å²) in [6.07, 6.45) is 4.03. The maximum absolute atomic E-state index is 13.4. The maximum atomic E-state index is 13.4. The molecule has 0 aliphatic heterocycles. The molecule has 0 aromatic rings. The molecule has 0 unspecified atom stereocenters. The quantitative estimate of drug-likeness (QED) is 0.678. The van der Waals surface area contributed by atoms with Crippen molar-refractivity contribution in [2.45, 2.75) is 58.5 Å². The highest BCUT2D eigenvalue weighted by Crippen LogP contribution is 2.30. The first kappa shape index (κ1) is 11.7. The first-order valence-corrected chi connectivity index (χ1v) is 5.75. The third kappa shape index (κ3) is 3.77. The van der Waals surface area contributed by atoms with Crippen molar-refractivity contribution in [3.05, 3.63) is 0 Å². The predicted molar refractivity (Wildman–Crippen MR) is 55.9 cm³/mol. The third-order valence-electron chi connectivity index (χ3n) is 2.94. The number of carbonyl (C=O) groups excluding carboxylic acids is 1. The lowest BCUT2D eigenvalue weighted by Crippen LogP contribution is -2.23. The van der Waals surface area contributed by atoms with Gasteiger partial charge in [0.15, 0.2) is 0 Å². The van der Waals surface area contributed by atoms with Crippen molar-refractivity contribution in [3.8, 4) is 0 Å². The van der Waals surface area contributed by atoms with Gasteiger partial charge in [-0.15, -0.1) is 0 Å². The molecule has 0 bridgehead atoms. The van der Waals surface area contributed by atoms with E-state index >= 15 is 0 Å². The van der Waals surface area contributed by atoms with E-state index < -0.39 is 6.17 Å². The van der Waals surface area contributed by atoms with E-state index in [1.165, 1.54) is 0 Å². The number of Topliss-reactive ketones (excluding diaryl/α,β-unsaturated/α-hetero) is 1. The monoisotopic (exact) mass is 200 g/mol. The Morgan fingerprint density at radius 2 is 2.00 bits per heavy atom. The molecule has 2 heteroatoms. The summed E-state index contributed by atoms with van der Waals surface area (Å²) in [6, 6.07) is 0. The van der Waals surface area contributed by atoms with Crippen LogP contribution in [-0.4, -0.2) is 12.0 Å². The Morgan fingerprint density at radius 1 is 1.36 bits per heavy atom. The minimum Gasteiger partial charge on any atom is -0.300 e.